The Kier molecular flexibility index (Phi) is 9.39. The number of fused-ring (bicyclic) bond motifs is 1. The van der Waals surface area contributed by atoms with Crippen LogP contribution in [0, 0.1) is 11.8 Å². The molecule has 37 heavy (non-hydrogen) atoms. The Balaban J connectivity index is 1.56. The van der Waals surface area contributed by atoms with Gasteiger partial charge in [-0.2, -0.15) is 0 Å². The quantitative estimate of drug-likeness (QED) is 0.202. The van der Waals surface area contributed by atoms with Gasteiger partial charge in [0.05, 0.1) is 37.8 Å². The lowest BCUT2D eigenvalue weighted by Gasteiger charge is -2.37. The molecule has 4 heterocycles. The van der Waals surface area contributed by atoms with Crippen molar-refractivity contribution < 1.29 is 33.7 Å². The Labute approximate surface area is 219 Å². The highest BCUT2D eigenvalue weighted by atomic mass is 16.6. The first kappa shape index (κ1) is 27.8. The Morgan fingerprint density at radius 2 is 1.97 bits per heavy atom. The van der Waals surface area contributed by atoms with Crippen LogP contribution in [0.4, 0.5) is 0 Å². The molecule has 4 saturated heterocycles. The monoisotopic (exact) mass is 519 g/mol. The molecule has 4 aliphatic heterocycles. The van der Waals surface area contributed by atoms with Crippen molar-refractivity contribution in [2.45, 2.75) is 49.9 Å². The van der Waals surface area contributed by atoms with Gasteiger partial charge < -0.3 is 29.1 Å². The molecule has 0 aliphatic carbocycles. The molecule has 0 aromatic heterocycles. The summed E-state index contributed by atoms with van der Waals surface area (Å²) in [7, 11) is 0. The summed E-state index contributed by atoms with van der Waals surface area (Å²) in [5.74, 6) is -2.35. The maximum Gasteiger partial charge on any atom is 0.312 e. The predicted octanol–water partition coefficient (Wildman–Crippen LogP) is 0.600. The normalized spacial score (nSPS) is 30.8. The summed E-state index contributed by atoms with van der Waals surface area (Å²) < 4.78 is 17.4. The van der Waals surface area contributed by atoms with Crippen molar-refractivity contribution in [3.05, 3.63) is 25.3 Å². The first-order chi connectivity index (χ1) is 18.0. The molecule has 4 fully saturated rings. The van der Waals surface area contributed by atoms with E-state index in [-0.39, 0.29) is 31.6 Å². The third-order valence-electron chi connectivity index (χ3n) is 8.11. The van der Waals surface area contributed by atoms with Crippen molar-refractivity contribution in [3.63, 3.8) is 0 Å². The zero-order valence-electron chi connectivity index (χ0n) is 21.7. The van der Waals surface area contributed by atoms with E-state index in [0.29, 0.717) is 58.5 Å². The fraction of sp³-hybridized carbons (Fsp3) is 0.741. The number of morpholine rings is 1. The molecule has 1 spiro atoms. The van der Waals surface area contributed by atoms with E-state index in [2.05, 4.69) is 18.1 Å². The lowest BCUT2D eigenvalue weighted by Crippen LogP contribution is -2.57. The molecular formula is C27H41N3O7. The fourth-order valence-corrected chi connectivity index (χ4v) is 6.39. The first-order valence-electron chi connectivity index (χ1n) is 13.5. The van der Waals surface area contributed by atoms with E-state index in [9.17, 15) is 19.5 Å². The van der Waals surface area contributed by atoms with Gasteiger partial charge in [0, 0.05) is 45.9 Å². The van der Waals surface area contributed by atoms with E-state index in [1.54, 1.807) is 22.0 Å². The molecule has 4 aliphatic rings. The summed E-state index contributed by atoms with van der Waals surface area (Å²) in [5.41, 5.74) is -1.06. The molecule has 206 valence electrons. The maximum absolute atomic E-state index is 14.1. The third-order valence-corrected chi connectivity index (χ3v) is 8.11. The van der Waals surface area contributed by atoms with Crippen molar-refractivity contribution in [1.82, 2.24) is 14.7 Å². The number of carbonyl (C=O) groups is 3. The topological polar surface area (TPSA) is 109 Å². The van der Waals surface area contributed by atoms with Gasteiger partial charge in [0.25, 0.3) is 0 Å². The molecule has 0 saturated carbocycles. The van der Waals surface area contributed by atoms with Crippen LogP contribution in [-0.4, -0.2) is 121 Å². The van der Waals surface area contributed by atoms with Crippen molar-refractivity contribution in [2.24, 2.45) is 11.8 Å². The Morgan fingerprint density at radius 1 is 1.19 bits per heavy atom. The standard InChI is InChI=1S/C27H41N3O7/c1-3-5-6-17-36-26(34)21-20-8-9-27(37-20)22(21)24(32)30(11-7-16-31)23(27)25(33)29(10-4-2)13-12-28-14-18-35-19-15-28/h3-4,20-23,31H,1-2,5-19H2/t20-,21+,22+,23?,27?/m1/s1. The number of esters is 1. The minimum Gasteiger partial charge on any atom is -0.465 e. The number of aliphatic hydroxyl groups excluding tert-OH is 1. The summed E-state index contributed by atoms with van der Waals surface area (Å²) in [6, 6.07) is -0.843. The van der Waals surface area contributed by atoms with E-state index in [0.717, 1.165) is 19.5 Å². The van der Waals surface area contributed by atoms with Crippen LogP contribution in [0.1, 0.15) is 32.1 Å². The zero-order valence-corrected chi connectivity index (χ0v) is 21.7. The molecule has 0 aromatic carbocycles. The third kappa shape index (κ3) is 5.48. The van der Waals surface area contributed by atoms with E-state index in [1.165, 1.54) is 0 Å². The summed E-state index contributed by atoms with van der Waals surface area (Å²) in [6.45, 7) is 12.4. The molecule has 2 unspecified atom stereocenters. The van der Waals surface area contributed by atoms with E-state index >= 15 is 0 Å². The SMILES string of the molecule is C=CCCCOC(=O)[C@@H]1[C@H]2C(=O)N(CCCO)C(C(=O)N(CC=C)CCN3CCOCC3)C23CC[C@H]1O3. The number of carbonyl (C=O) groups excluding carboxylic acids is 3. The highest BCUT2D eigenvalue weighted by Gasteiger charge is 2.75. The van der Waals surface area contributed by atoms with Gasteiger partial charge in [-0.1, -0.05) is 12.2 Å². The summed E-state index contributed by atoms with van der Waals surface area (Å²) in [5, 5.41) is 9.50. The van der Waals surface area contributed by atoms with Gasteiger partial charge >= 0.3 is 5.97 Å². The highest BCUT2D eigenvalue weighted by Crippen LogP contribution is 2.58. The number of hydrogen-bond acceptors (Lipinski definition) is 8. The molecule has 10 nitrogen and oxygen atoms in total. The van der Waals surface area contributed by atoms with Crippen LogP contribution in [-0.2, 0) is 28.6 Å². The number of allylic oxidation sites excluding steroid dienone is 1. The van der Waals surface area contributed by atoms with Crippen LogP contribution in [0.2, 0.25) is 0 Å². The second-order valence-electron chi connectivity index (χ2n) is 10.3. The summed E-state index contributed by atoms with van der Waals surface area (Å²) >= 11 is 0. The number of hydrogen-bond donors (Lipinski definition) is 1. The van der Waals surface area contributed by atoms with Gasteiger partial charge in [-0.05, 0) is 32.1 Å². The zero-order chi connectivity index (χ0) is 26.4. The van der Waals surface area contributed by atoms with Crippen LogP contribution >= 0.6 is 0 Å². The van der Waals surface area contributed by atoms with Gasteiger partial charge in [0.1, 0.15) is 11.6 Å². The molecule has 0 radical (unpaired) electrons. The smallest absolute Gasteiger partial charge is 0.312 e. The molecule has 0 aromatic rings. The Bertz CT molecular complexity index is 861. The largest absolute Gasteiger partial charge is 0.465 e. The van der Waals surface area contributed by atoms with Gasteiger partial charge in [-0.15, -0.1) is 13.2 Å². The lowest BCUT2D eigenvalue weighted by atomic mass is 9.70. The van der Waals surface area contributed by atoms with E-state index in [4.69, 9.17) is 14.2 Å². The van der Waals surface area contributed by atoms with Gasteiger partial charge in [0.2, 0.25) is 11.8 Å². The number of likely N-dealkylation sites (tertiary alicyclic amines) is 1. The van der Waals surface area contributed by atoms with Crippen LogP contribution in [0.15, 0.2) is 25.3 Å². The lowest BCUT2D eigenvalue weighted by molar-refractivity contribution is -0.155. The van der Waals surface area contributed by atoms with Crippen molar-refractivity contribution in [2.75, 3.05) is 65.7 Å². The van der Waals surface area contributed by atoms with Crippen LogP contribution in [0.25, 0.3) is 0 Å². The summed E-state index contributed by atoms with van der Waals surface area (Å²) in [6.07, 6.45) is 5.91. The van der Waals surface area contributed by atoms with Gasteiger partial charge in [-0.25, -0.2) is 0 Å². The van der Waals surface area contributed by atoms with E-state index < -0.39 is 35.6 Å². The average molecular weight is 520 g/mol. The molecule has 4 rings (SSSR count). The predicted molar refractivity (Wildman–Crippen MR) is 135 cm³/mol. The minimum atomic E-state index is -1.06. The van der Waals surface area contributed by atoms with Crippen LogP contribution in [0.3, 0.4) is 0 Å². The Hall–Kier alpha value is -2.27. The maximum atomic E-state index is 14.1. The number of ether oxygens (including phenoxy) is 3. The summed E-state index contributed by atoms with van der Waals surface area (Å²) in [4.78, 5) is 46.6. The number of unbranched alkanes of at least 4 members (excludes halogenated alkanes) is 1. The Morgan fingerprint density at radius 3 is 2.68 bits per heavy atom. The number of nitrogens with zero attached hydrogens (tertiary/aromatic N) is 3. The van der Waals surface area contributed by atoms with Crippen molar-refractivity contribution in [1.29, 1.82) is 0 Å². The molecule has 2 bridgehead atoms. The molecule has 1 N–H and O–H groups in total. The molecule has 2 amide bonds. The van der Waals surface area contributed by atoms with Crippen LogP contribution < -0.4 is 0 Å². The first-order valence-corrected chi connectivity index (χ1v) is 13.5. The van der Waals surface area contributed by atoms with Gasteiger partial charge in [0.15, 0.2) is 0 Å². The second-order valence-corrected chi connectivity index (χ2v) is 10.3. The second kappa shape index (κ2) is 12.5. The highest BCUT2D eigenvalue weighted by molar-refractivity contribution is 5.98. The molecule has 5 atom stereocenters. The van der Waals surface area contributed by atoms with Gasteiger partial charge in [-0.3, -0.25) is 19.3 Å². The minimum absolute atomic E-state index is 0.103. The van der Waals surface area contributed by atoms with Crippen molar-refractivity contribution >= 4 is 17.8 Å². The van der Waals surface area contributed by atoms with Crippen LogP contribution in [0.5, 0.6) is 0 Å². The molecule has 10 heteroatoms. The number of aliphatic hydroxyl groups is 1. The molecular weight excluding hydrogens is 478 g/mol. The van der Waals surface area contributed by atoms with E-state index in [1.807, 2.05) is 0 Å². The van der Waals surface area contributed by atoms with Crippen molar-refractivity contribution in [3.8, 4) is 0 Å². The number of rotatable bonds is 14. The number of amides is 2. The fourth-order valence-electron chi connectivity index (χ4n) is 6.39. The average Bonchev–Trinajstić information content (AvgIpc) is 3.55.